The van der Waals surface area contributed by atoms with Crippen LogP contribution in [-0.2, 0) is 4.74 Å². The topological polar surface area (TPSA) is 87.1 Å². The van der Waals surface area contributed by atoms with Crippen molar-refractivity contribution in [2.24, 2.45) is 11.0 Å². The van der Waals surface area contributed by atoms with Gasteiger partial charge in [-0.15, -0.1) is 0 Å². The van der Waals surface area contributed by atoms with E-state index in [1.165, 1.54) is 0 Å². The van der Waals surface area contributed by atoms with Gasteiger partial charge in [0.25, 0.3) is 0 Å². The molecule has 0 atom stereocenters. The van der Waals surface area contributed by atoms with Gasteiger partial charge in [0.2, 0.25) is 0 Å². The number of hydrogen-bond donors (Lipinski definition) is 1. The van der Waals surface area contributed by atoms with E-state index in [-0.39, 0.29) is 12.1 Å². The Balaban J connectivity index is 2.27. The van der Waals surface area contributed by atoms with Crippen molar-refractivity contribution in [3.8, 4) is 0 Å². The molecule has 1 rings (SSSR count). The summed E-state index contributed by atoms with van der Waals surface area (Å²) in [5.74, 6) is 0.456. The first-order chi connectivity index (χ1) is 8.40. The highest BCUT2D eigenvalue weighted by Gasteiger charge is 2.24. The van der Waals surface area contributed by atoms with E-state index < -0.39 is 5.60 Å². The second-order valence-corrected chi connectivity index (χ2v) is 5.78. The van der Waals surface area contributed by atoms with Crippen LogP contribution in [0.15, 0.2) is 5.11 Å². The third kappa shape index (κ3) is 5.77. The van der Waals surface area contributed by atoms with E-state index >= 15 is 0 Å². The number of carbonyl (C=O) groups is 1. The maximum atomic E-state index is 11.6. The van der Waals surface area contributed by atoms with Gasteiger partial charge < -0.3 is 10.1 Å². The minimum absolute atomic E-state index is 0.183. The lowest BCUT2D eigenvalue weighted by atomic mass is 9.86. The molecule has 0 aromatic carbocycles. The summed E-state index contributed by atoms with van der Waals surface area (Å²) in [4.78, 5) is 14.4. The van der Waals surface area contributed by atoms with Crippen molar-refractivity contribution in [3.05, 3.63) is 10.4 Å². The number of amides is 1. The molecule has 0 saturated heterocycles. The Morgan fingerprint density at radius 2 is 2.00 bits per heavy atom. The van der Waals surface area contributed by atoms with Gasteiger partial charge in [-0.1, -0.05) is 5.11 Å². The number of azide groups is 1. The molecule has 1 N–H and O–H groups in total. The molecule has 6 nitrogen and oxygen atoms in total. The zero-order chi connectivity index (χ0) is 13.6. The van der Waals surface area contributed by atoms with Gasteiger partial charge >= 0.3 is 6.09 Å². The smallest absolute Gasteiger partial charge is 0.407 e. The van der Waals surface area contributed by atoms with E-state index in [1.807, 2.05) is 20.8 Å². The predicted molar refractivity (Wildman–Crippen MR) is 69.1 cm³/mol. The Morgan fingerprint density at radius 3 is 2.50 bits per heavy atom. The average Bonchev–Trinajstić information content (AvgIpc) is 2.25. The van der Waals surface area contributed by atoms with E-state index in [0.717, 1.165) is 25.7 Å². The first-order valence-corrected chi connectivity index (χ1v) is 6.41. The number of nitrogens with one attached hydrogen (secondary N) is 1. The molecule has 0 radical (unpaired) electrons. The highest BCUT2D eigenvalue weighted by Crippen LogP contribution is 2.24. The molecule has 18 heavy (non-hydrogen) atoms. The van der Waals surface area contributed by atoms with Gasteiger partial charge in [0.1, 0.15) is 5.60 Å². The van der Waals surface area contributed by atoms with Crippen molar-refractivity contribution < 1.29 is 9.53 Å². The van der Waals surface area contributed by atoms with Crippen LogP contribution in [0.25, 0.3) is 10.4 Å². The fourth-order valence-electron chi connectivity index (χ4n) is 2.12. The largest absolute Gasteiger partial charge is 0.444 e. The van der Waals surface area contributed by atoms with Crippen LogP contribution >= 0.6 is 0 Å². The number of carbonyl (C=O) groups excluding carboxylic acids is 1. The molecule has 1 saturated carbocycles. The summed E-state index contributed by atoms with van der Waals surface area (Å²) in [6.07, 6.45) is 3.47. The molecule has 1 aliphatic rings. The normalized spacial score (nSPS) is 23.9. The van der Waals surface area contributed by atoms with E-state index in [2.05, 4.69) is 15.3 Å². The molecule has 1 amide bonds. The molecule has 1 aliphatic carbocycles. The second kappa shape index (κ2) is 6.50. The predicted octanol–water partition coefficient (Wildman–Crippen LogP) is 3.38. The lowest BCUT2D eigenvalue weighted by molar-refractivity contribution is 0.0488. The quantitative estimate of drug-likeness (QED) is 0.475. The van der Waals surface area contributed by atoms with Gasteiger partial charge in [-0.05, 0) is 57.9 Å². The van der Waals surface area contributed by atoms with Crippen LogP contribution in [-0.4, -0.2) is 24.3 Å². The molecule has 0 heterocycles. The Hall–Kier alpha value is -1.42. The molecule has 0 bridgehead atoms. The monoisotopic (exact) mass is 254 g/mol. The van der Waals surface area contributed by atoms with Crippen LogP contribution in [0.3, 0.4) is 0 Å². The molecule has 0 spiro atoms. The molecular formula is C12H22N4O2. The Labute approximate surface area is 108 Å². The average molecular weight is 254 g/mol. The summed E-state index contributed by atoms with van der Waals surface area (Å²) in [7, 11) is 0. The van der Waals surface area contributed by atoms with Gasteiger partial charge in [-0.25, -0.2) is 4.79 Å². The Morgan fingerprint density at radius 1 is 1.39 bits per heavy atom. The summed E-state index contributed by atoms with van der Waals surface area (Å²) in [5, 5.41) is 6.49. The van der Waals surface area contributed by atoms with Crippen molar-refractivity contribution >= 4 is 6.09 Å². The van der Waals surface area contributed by atoms with Crippen LogP contribution < -0.4 is 5.32 Å². The molecule has 6 heteroatoms. The Kier molecular flexibility index (Phi) is 5.28. The number of rotatable bonds is 3. The van der Waals surface area contributed by atoms with Crippen LogP contribution in [0.4, 0.5) is 4.79 Å². The fourth-order valence-corrected chi connectivity index (χ4v) is 2.12. The molecular weight excluding hydrogens is 232 g/mol. The van der Waals surface area contributed by atoms with Crippen LogP contribution in [0.5, 0.6) is 0 Å². The lowest BCUT2D eigenvalue weighted by Crippen LogP contribution is -2.41. The SMILES string of the molecule is CC(C)(C)OC(=O)N[C@H]1CC[C@H](CN=[N+]=[N-])CC1. The molecule has 1 fully saturated rings. The number of ether oxygens (including phenoxy) is 1. The molecule has 0 aromatic heterocycles. The molecule has 0 aromatic rings. The van der Waals surface area contributed by atoms with E-state index in [9.17, 15) is 4.79 Å². The Bertz CT molecular complexity index is 323. The van der Waals surface area contributed by atoms with Crippen molar-refractivity contribution in [3.63, 3.8) is 0 Å². The highest BCUT2D eigenvalue weighted by molar-refractivity contribution is 5.68. The van der Waals surface area contributed by atoms with Gasteiger partial charge in [0, 0.05) is 17.5 Å². The molecule has 0 unspecified atom stereocenters. The van der Waals surface area contributed by atoms with Gasteiger partial charge in [-0.2, -0.15) is 0 Å². The van der Waals surface area contributed by atoms with Crippen LogP contribution in [0, 0.1) is 5.92 Å². The number of hydrogen-bond acceptors (Lipinski definition) is 3. The minimum atomic E-state index is -0.456. The van der Waals surface area contributed by atoms with Gasteiger partial charge in [0.05, 0.1) is 0 Å². The first kappa shape index (κ1) is 14.6. The summed E-state index contributed by atoms with van der Waals surface area (Å²) < 4.78 is 5.22. The fraction of sp³-hybridized carbons (Fsp3) is 0.917. The van der Waals surface area contributed by atoms with Gasteiger partial charge in [-0.3, -0.25) is 0 Å². The maximum absolute atomic E-state index is 11.6. The van der Waals surface area contributed by atoms with Crippen molar-refractivity contribution in [1.82, 2.24) is 5.32 Å². The van der Waals surface area contributed by atoms with E-state index in [0.29, 0.717) is 12.5 Å². The maximum Gasteiger partial charge on any atom is 0.407 e. The number of alkyl carbamates (subject to hydrolysis) is 1. The third-order valence-electron chi connectivity index (χ3n) is 2.97. The van der Waals surface area contributed by atoms with Gasteiger partial charge in [0.15, 0.2) is 0 Å². The minimum Gasteiger partial charge on any atom is -0.444 e. The standard InChI is InChI=1S/C12H22N4O2/c1-12(2,3)18-11(17)15-10-6-4-9(5-7-10)8-14-16-13/h9-10H,4-8H2,1-3H3,(H,15,17)/t9-,10-. The summed E-state index contributed by atoms with van der Waals surface area (Å²) in [5.41, 5.74) is 7.81. The zero-order valence-electron chi connectivity index (χ0n) is 11.3. The second-order valence-electron chi connectivity index (χ2n) is 5.78. The van der Waals surface area contributed by atoms with Crippen LogP contribution in [0.1, 0.15) is 46.5 Å². The highest BCUT2D eigenvalue weighted by atomic mass is 16.6. The first-order valence-electron chi connectivity index (χ1n) is 6.41. The molecule has 102 valence electrons. The lowest BCUT2D eigenvalue weighted by Gasteiger charge is -2.29. The van der Waals surface area contributed by atoms with E-state index in [1.54, 1.807) is 0 Å². The van der Waals surface area contributed by atoms with Crippen LogP contribution in [0.2, 0.25) is 0 Å². The zero-order valence-corrected chi connectivity index (χ0v) is 11.3. The number of nitrogens with zero attached hydrogens (tertiary/aromatic N) is 3. The summed E-state index contributed by atoms with van der Waals surface area (Å²) >= 11 is 0. The molecule has 0 aliphatic heterocycles. The third-order valence-corrected chi connectivity index (χ3v) is 2.97. The van der Waals surface area contributed by atoms with Crippen molar-refractivity contribution in [2.75, 3.05) is 6.54 Å². The van der Waals surface area contributed by atoms with Crippen molar-refractivity contribution in [2.45, 2.75) is 58.1 Å². The van der Waals surface area contributed by atoms with E-state index in [4.69, 9.17) is 10.3 Å². The van der Waals surface area contributed by atoms with Crippen molar-refractivity contribution in [1.29, 1.82) is 0 Å². The summed E-state index contributed by atoms with van der Waals surface area (Å²) in [6, 6.07) is 0.183. The summed E-state index contributed by atoms with van der Waals surface area (Å²) in [6.45, 7) is 6.12.